The number of alkyl halides is 1. The van der Waals surface area contributed by atoms with Crippen LogP contribution in [0.15, 0.2) is 30.7 Å². The quantitative estimate of drug-likeness (QED) is 0.684. The topological polar surface area (TPSA) is 48.5 Å². The van der Waals surface area contributed by atoms with Crippen molar-refractivity contribution in [1.82, 2.24) is 24.3 Å². The van der Waals surface area contributed by atoms with Crippen molar-refractivity contribution in [2.75, 3.05) is 5.88 Å². The number of imidazole rings is 1. The van der Waals surface area contributed by atoms with Crippen LogP contribution in [-0.4, -0.2) is 30.2 Å². The Morgan fingerprint density at radius 2 is 2.26 bits per heavy atom. The molecule has 0 bridgehead atoms. The predicted molar refractivity (Wildman–Crippen MR) is 74.3 cm³/mol. The van der Waals surface area contributed by atoms with Gasteiger partial charge in [0.1, 0.15) is 11.3 Å². The lowest BCUT2D eigenvalue weighted by Gasteiger charge is -2.05. The van der Waals surface area contributed by atoms with Crippen molar-refractivity contribution in [3.8, 4) is 0 Å². The summed E-state index contributed by atoms with van der Waals surface area (Å²) in [6, 6.07) is 3.87. The Kier molecular flexibility index (Phi) is 3.21. The van der Waals surface area contributed by atoms with E-state index in [9.17, 15) is 0 Å². The first kappa shape index (κ1) is 12.2. The van der Waals surface area contributed by atoms with Gasteiger partial charge in [-0.3, -0.25) is 4.68 Å². The first-order valence-corrected chi connectivity index (χ1v) is 6.65. The second-order valence-electron chi connectivity index (χ2n) is 4.42. The van der Waals surface area contributed by atoms with Crippen molar-refractivity contribution in [3.63, 3.8) is 0 Å². The van der Waals surface area contributed by atoms with Crippen LogP contribution in [0.1, 0.15) is 11.4 Å². The van der Waals surface area contributed by atoms with Gasteiger partial charge in [0.2, 0.25) is 0 Å². The number of halogens is 1. The molecule has 19 heavy (non-hydrogen) atoms. The van der Waals surface area contributed by atoms with Crippen LogP contribution in [-0.2, 0) is 20.0 Å². The summed E-state index contributed by atoms with van der Waals surface area (Å²) < 4.78 is 3.90. The number of rotatable bonds is 4. The minimum atomic E-state index is 0.552. The van der Waals surface area contributed by atoms with Gasteiger partial charge in [-0.1, -0.05) is 0 Å². The zero-order valence-electron chi connectivity index (χ0n) is 10.6. The number of aromatic nitrogens is 5. The average Bonchev–Trinajstić information content (AvgIpc) is 2.96. The molecule has 0 spiro atoms. The van der Waals surface area contributed by atoms with Gasteiger partial charge in [-0.15, -0.1) is 11.6 Å². The molecule has 0 saturated carbocycles. The molecule has 0 aliphatic rings. The van der Waals surface area contributed by atoms with E-state index in [4.69, 9.17) is 11.6 Å². The largest absolute Gasteiger partial charge is 0.308 e. The average molecular weight is 276 g/mol. The molecule has 0 unspecified atom stereocenters. The molecule has 98 valence electrons. The van der Waals surface area contributed by atoms with E-state index in [1.165, 1.54) is 0 Å². The maximum Gasteiger partial charge on any atom is 0.160 e. The number of pyridine rings is 1. The molecule has 6 heteroatoms. The smallest absolute Gasteiger partial charge is 0.160 e. The normalized spacial score (nSPS) is 11.3. The summed E-state index contributed by atoms with van der Waals surface area (Å²) in [4.78, 5) is 9.01. The molecule has 0 fully saturated rings. The van der Waals surface area contributed by atoms with Crippen LogP contribution in [0.4, 0.5) is 0 Å². The van der Waals surface area contributed by atoms with Gasteiger partial charge in [0, 0.05) is 37.3 Å². The van der Waals surface area contributed by atoms with Gasteiger partial charge in [-0.25, -0.2) is 9.97 Å². The molecule has 3 rings (SSSR count). The van der Waals surface area contributed by atoms with E-state index in [2.05, 4.69) is 19.6 Å². The molecule has 0 aromatic carbocycles. The maximum absolute atomic E-state index is 5.85. The zero-order chi connectivity index (χ0) is 13.2. The number of aryl methyl sites for hydroxylation is 2. The fourth-order valence-electron chi connectivity index (χ4n) is 2.18. The minimum Gasteiger partial charge on any atom is -0.308 e. The first-order valence-electron chi connectivity index (χ1n) is 6.11. The summed E-state index contributed by atoms with van der Waals surface area (Å²) in [5.74, 6) is 1.52. The second kappa shape index (κ2) is 5.01. The summed E-state index contributed by atoms with van der Waals surface area (Å²) >= 11 is 5.85. The molecular formula is C13H14ClN5. The molecular weight excluding hydrogens is 262 g/mol. The van der Waals surface area contributed by atoms with Crippen molar-refractivity contribution in [2.45, 2.75) is 13.0 Å². The van der Waals surface area contributed by atoms with Crippen LogP contribution in [0.5, 0.6) is 0 Å². The Bertz CT molecular complexity index is 700. The predicted octanol–water partition coefficient (Wildman–Crippen LogP) is 1.99. The number of nitrogens with zero attached hydrogens (tertiary/aromatic N) is 5. The SMILES string of the molecule is Cn1cc(Cn2c(CCCl)nc3cccnc32)cn1. The lowest BCUT2D eigenvalue weighted by Crippen LogP contribution is -2.06. The van der Waals surface area contributed by atoms with Gasteiger partial charge in [-0.2, -0.15) is 5.10 Å². The highest BCUT2D eigenvalue weighted by atomic mass is 35.5. The Labute approximate surface area is 115 Å². The van der Waals surface area contributed by atoms with E-state index in [0.717, 1.165) is 29.0 Å². The molecule has 0 N–H and O–H groups in total. The van der Waals surface area contributed by atoms with Crippen molar-refractivity contribution >= 4 is 22.8 Å². The van der Waals surface area contributed by atoms with Gasteiger partial charge >= 0.3 is 0 Å². The monoisotopic (exact) mass is 275 g/mol. The van der Waals surface area contributed by atoms with Gasteiger partial charge in [0.25, 0.3) is 0 Å². The van der Waals surface area contributed by atoms with E-state index >= 15 is 0 Å². The summed E-state index contributed by atoms with van der Waals surface area (Å²) in [6.45, 7) is 0.716. The Morgan fingerprint density at radius 3 is 3.00 bits per heavy atom. The third-order valence-electron chi connectivity index (χ3n) is 3.00. The number of fused-ring (bicyclic) bond motifs is 1. The standard InChI is InChI=1S/C13H14ClN5/c1-18-8-10(7-16-18)9-19-12(4-5-14)17-11-3-2-6-15-13(11)19/h2-3,6-8H,4-5,9H2,1H3. The molecule has 0 radical (unpaired) electrons. The summed E-state index contributed by atoms with van der Waals surface area (Å²) in [6.07, 6.45) is 6.38. The highest BCUT2D eigenvalue weighted by Gasteiger charge is 2.12. The Hall–Kier alpha value is -1.88. The van der Waals surface area contributed by atoms with Gasteiger partial charge < -0.3 is 4.57 Å². The van der Waals surface area contributed by atoms with Crippen LogP contribution in [0.3, 0.4) is 0 Å². The molecule has 0 aliphatic carbocycles. The van der Waals surface area contributed by atoms with Crippen LogP contribution >= 0.6 is 11.6 Å². The molecule has 3 heterocycles. The molecule has 5 nitrogen and oxygen atoms in total. The van der Waals surface area contributed by atoms with E-state index in [-0.39, 0.29) is 0 Å². The van der Waals surface area contributed by atoms with Gasteiger partial charge in [0.15, 0.2) is 5.65 Å². The lowest BCUT2D eigenvalue weighted by molar-refractivity contribution is 0.742. The first-order chi connectivity index (χ1) is 9.28. The molecule has 0 amide bonds. The molecule has 0 atom stereocenters. The fourth-order valence-corrected chi connectivity index (χ4v) is 2.35. The van der Waals surface area contributed by atoms with E-state index in [0.29, 0.717) is 12.4 Å². The molecule has 0 aliphatic heterocycles. The summed E-state index contributed by atoms with van der Waals surface area (Å²) in [7, 11) is 1.91. The van der Waals surface area contributed by atoms with Crippen molar-refractivity contribution in [3.05, 3.63) is 42.1 Å². The lowest BCUT2D eigenvalue weighted by atomic mass is 10.3. The van der Waals surface area contributed by atoms with Gasteiger partial charge in [-0.05, 0) is 12.1 Å². The molecule has 3 aromatic rings. The highest BCUT2D eigenvalue weighted by molar-refractivity contribution is 6.17. The number of hydrogen-bond acceptors (Lipinski definition) is 3. The van der Waals surface area contributed by atoms with E-state index < -0.39 is 0 Å². The Balaban J connectivity index is 2.06. The van der Waals surface area contributed by atoms with Crippen LogP contribution < -0.4 is 0 Å². The summed E-state index contributed by atoms with van der Waals surface area (Å²) in [5.41, 5.74) is 2.93. The van der Waals surface area contributed by atoms with E-state index in [1.807, 2.05) is 31.6 Å². The van der Waals surface area contributed by atoms with Crippen LogP contribution in [0, 0.1) is 0 Å². The van der Waals surface area contributed by atoms with Gasteiger partial charge in [0.05, 0.1) is 12.7 Å². The number of hydrogen-bond donors (Lipinski definition) is 0. The van der Waals surface area contributed by atoms with Crippen molar-refractivity contribution < 1.29 is 0 Å². The van der Waals surface area contributed by atoms with Crippen LogP contribution in [0.25, 0.3) is 11.2 Å². The van der Waals surface area contributed by atoms with E-state index in [1.54, 1.807) is 10.9 Å². The maximum atomic E-state index is 5.85. The fraction of sp³-hybridized carbons (Fsp3) is 0.308. The zero-order valence-corrected chi connectivity index (χ0v) is 11.4. The molecule has 3 aromatic heterocycles. The second-order valence-corrected chi connectivity index (χ2v) is 4.80. The summed E-state index contributed by atoms with van der Waals surface area (Å²) in [5, 5.41) is 4.19. The Morgan fingerprint density at radius 1 is 1.37 bits per heavy atom. The van der Waals surface area contributed by atoms with Crippen molar-refractivity contribution in [1.29, 1.82) is 0 Å². The molecule has 0 saturated heterocycles. The third-order valence-corrected chi connectivity index (χ3v) is 3.19. The van der Waals surface area contributed by atoms with Crippen molar-refractivity contribution in [2.24, 2.45) is 7.05 Å². The highest BCUT2D eigenvalue weighted by Crippen LogP contribution is 2.16. The minimum absolute atomic E-state index is 0.552. The van der Waals surface area contributed by atoms with Crippen LogP contribution in [0.2, 0.25) is 0 Å². The third kappa shape index (κ3) is 2.33.